The van der Waals surface area contributed by atoms with E-state index in [9.17, 15) is 9.59 Å². The molecule has 5 heteroatoms. The summed E-state index contributed by atoms with van der Waals surface area (Å²) < 4.78 is 5.27. The van der Waals surface area contributed by atoms with E-state index in [-0.39, 0.29) is 23.9 Å². The first-order valence-electron chi connectivity index (χ1n) is 6.06. The largest absolute Gasteiger partial charge is 0.478 e. The molecule has 0 spiro atoms. The van der Waals surface area contributed by atoms with Crippen molar-refractivity contribution in [1.82, 2.24) is 5.32 Å². The molecule has 1 aromatic heterocycles. The van der Waals surface area contributed by atoms with Gasteiger partial charge in [-0.2, -0.15) is 0 Å². The first-order valence-corrected chi connectivity index (χ1v) is 6.06. The Labute approximate surface area is 106 Å². The van der Waals surface area contributed by atoms with Gasteiger partial charge in [-0.1, -0.05) is 20.3 Å². The van der Waals surface area contributed by atoms with Gasteiger partial charge in [0, 0.05) is 5.92 Å². The number of aromatic carboxylic acids is 1. The third kappa shape index (κ3) is 3.61. The van der Waals surface area contributed by atoms with Crippen molar-refractivity contribution in [3.63, 3.8) is 0 Å². The van der Waals surface area contributed by atoms with Crippen LogP contribution in [0.3, 0.4) is 0 Å². The molecular formula is C13H19NO4. The van der Waals surface area contributed by atoms with Gasteiger partial charge in [-0.05, 0) is 19.4 Å². The summed E-state index contributed by atoms with van der Waals surface area (Å²) >= 11 is 0. The molecule has 0 fully saturated rings. The summed E-state index contributed by atoms with van der Waals surface area (Å²) in [6.45, 7) is 5.71. The lowest BCUT2D eigenvalue weighted by molar-refractivity contribution is -0.124. The van der Waals surface area contributed by atoms with Gasteiger partial charge in [0.2, 0.25) is 5.91 Å². The fraction of sp³-hybridized carbons (Fsp3) is 0.538. The lowest BCUT2D eigenvalue weighted by Crippen LogP contribution is -2.28. The van der Waals surface area contributed by atoms with Gasteiger partial charge in [-0.25, -0.2) is 4.79 Å². The summed E-state index contributed by atoms with van der Waals surface area (Å²) in [5.41, 5.74) is 0.140. The fourth-order valence-corrected chi connectivity index (χ4v) is 1.76. The molecule has 1 heterocycles. The molecule has 5 nitrogen and oxygen atoms in total. The molecule has 0 radical (unpaired) electrons. The second-order valence-corrected chi connectivity index (χ2v) is 4.40. The van der Waals surface area contributed by atoms with Gasteiger partial charge in [-0.3, -0.25) is 4.79 Å². The van der Waals surface area contributed by atoms with E-state index in [4.69, 9.17) is 9.52 Å². The van der Waals surface area contributed by atoms with Crippen LogP contribution in [0.25, 0.3) is 0 Å². The molecule has 18 heavy (non-hydrogen) atoms. The van der Waals surface area contributed by atoms with Crippen LogP contribution in [0.5, 0.6) is 0 Å². The maximum atomic E-state index is 11.7. The van der Waals surface area contributed by atoms with E-state index < -0.39 is 5.97 Å². The number of furan rings is 1. The second kappa shape index (κ2) is 6.23. The molecule has 0 saturated carbocycles. The van der Waals surface area contributed by atoms with Gasteiger partial charge in [0.1, 0.15) is 17.1 Å². The number of hydrogen-bond acceptors (Lipinski definition) is 3. The highest BCUT2D eigenvalue weighted by atomic mass is 16.4. The highest BCUT2D eigenvalue weighted by molar-refractivity contribution is 5.88. The number of carboxylic acids is 1. The quantitative estimate of drug-likeness (QED) is 0.815. The summed E-state index contributed by atoms with van der Waals surface area (Å²) in [5.74, 6) is -0.281. The predicted octanol–water partition coefficient (Wildman–Crippen LogP) is 2.34. The molecular weight excluding hydrogens is 234 g/mol. The zero-order valence-corrected chi connectivity index (χ0v) is 10.9. The average Bonchev–Trinajstić information content (AvgIpc) is 2.68. The molecule has 2 N–H and O–H groups in total. The lowest BCUT2D eigenvalue weighted by Gasteiger charge is -2.09. The summed E-state index contributed by atoms with van der Waals surface area (Å²) in [6, 6.07) is 1.45. The van der Waals surface area contributed by atoms with Crippen LogP contribution in [0.4, 0.5) is 0 Å². The van der Waals surface area contributed by atoms with E-state index in [2.05, 4.69) is 5.32 Å². The van der Waals surface area contributed by atoms with Crippen LogP contribution in [0.2, 0.25) is 0 Å². The fourth-order valence-electron chi connectivity index (χ4n) is 1.76. The van der Waals surface area contributed by atoms with Crippen molar-refractivity contribution in [2.45, 2.75) is 40.2 Å². The molecule has 1 atom stereocenters. The van der Waals surface area contributed by atoms with Crippen molar-refractivity contribution in [2.75, 3.05) is 0 Å². The van der Waals surface area contributed by atoms with Crippen molar-refractivity contribution in [3.8, 4) is 0 Å². The van der Waals surface area contributed by atoms with E-state index in [1.54, 1.807) is 6.92 Å². The van der Waals surface area contributed by atoms with Crippen LogP contribution < -0.4 is 5.32 Å². The zero-order chi connectivity index (χ0) is 13.7. The van der Waals surface area contributed by atoms with Crippen molar-refractivity contribution in [1.29, 1.82) is 0 Å². The molecule has 0 bridgehead atoms. The molecule has 1 rings (SSSR count). The summed E-state index contributed by atoms with van der Waals surface area (Å²) in [4.78, 5) is 22.5. The Hall–Kier alpha value is -1.78. The topological polar surface area (TPSA) is 79.5 Å². The smallest absolute Gasteiger partial charge is 0.339 e. The van der Waals surface area contributed by atoms with Gasteiger partial charge >= 0.3 is 5.97 Å². The number of aryl methyl sites for hydroxylation is 1. The number of hydrogen-bond donors (Lipinski definition) is 2. The molecule has 1 aromatic rings. The molecule has 1 amide bonds. The first-order chi connectivity index (χ1) is 8.45. The summed E-state index contributed by atoms with van der Waals surface area (Å²) in [5, 5.41) is 11.6. The Morgan fingerprint density at radius 2 is 2.17 bits per heavy atom. The predicted molar refractivity (Wildman–Crippen MR) is 66.3 cm³/mol. The minimum Gasteiger partial charge on any atom is -0.478 e. The summed E-state index contributed by atoms with van der Waals surface area (Å²) in [7, 11) is 0. The van der Waals surface area contributed by atoms with Crippen molar-refractivity contribution >= 4 is 11.9 Å². The van der Waals surface area contributed by atoms with E-state index in [0.717, 1.165) is 12.8 Å². The minimum atomic E-state index is -1.02. The van der Waals surface area contributed by atoms with Gasteiger partial charge in [0.15, 0.2) is 0 Å². The molecule has 0 aliphatic heterocycles. The third-order valence-corrected chi connectivity index (χ3v) is 2.81. The van der Waals surface area contributed by atoms with Gasteiger partial charge < -0.3 is 14.8 Å². The Morgan fingerprint density at radius 1 is 1.50 bits per heavy atom. The van der Waals surface area contributed by atoms with Gasteiger partial charge in [-0.15, -0.1) is 0 Å². The molecule has 0 aliphatic rings. The standard InChI is InChI=1S/C13H19NO4/c1-4-5-8(2)12(15)14-7-10-6-11(13(16)17)9(3)18-10/h6,8H,4-5,7H2,1-3H3,(H,14,15)(H,16,17). The molecule has 0 saturated heterocycles. The van der Waals surface area contributed by atoms with E-state index in [0.29, 0.717) is 11.5 Å². The average molecular weight is 253 g/mol. The minimum absolute atomic E-state index is 0.0370. The van der Waals surface area contributed by atoms with Crippen LogP contribution in [0, 0.1) is 12.8 Å². The second-order valence-electron chi connectivity index (χ2n) is 4.40. The van der Waals surface area contributed by atoms with Gasteiger partial charge in [0.25, 0.3) is 0 Å². The van der Waals surface area contributed by atoms with E-state index in [1.807, 2.05) is 13.8 Å². The molecule has 0 aliphatic carbocycles. The molecule has 0 aromatic carbocycles. The Kier molecular flexibility index (Phi) is 4.95. The Balaban J connectivity index is 2.56. The van der Waals surface area contributed by atoms with Crippen LogP contribution in [-0.2, 0) is 11.3 Å². The van der Waals surface area contributed by atoms with Crippen molar-refractivity contribution in [3.05, 3.63) is 23.2 Å². The maximum Gasteiger partial charge on any atom is 0.339 e. The van der Waals surface area contributed by atoms with E-state index >= 15 is 0 Å². The monoisotopic (exact) mass is 253 g/mol. The number of carboxylic acid groups (broad SMARTS) is 1. The highest BCUT2D eigenvalue weighted by Crippen LogP contribution is 2.14. The van der Waals surface area contributed by atoms with Crippen molar-refractivity contribution in [2.24, 2.45) is 5.92 Å². The number of carbonyl (C=O) groups is 2. The van der Waals surface area contributed by atoms with Gasteiger partial charge in [0.05, 0.1) is 6.54 Å². The van der Waals surface area contributed by atoms with E-state index in [1.165, 1.54) is 6.07 Å². The Bertz CT molecular complexity index is 436. The lowest BCUT2D eigenvalue weighted by atomic mass is 10.1. The zero-order valence-electron chi connectivity index (χ0n) is 10.9. The van der Waals surface area contributed by atoms with Crippen molar-refractivity contribution < 1.29 is 19.1 Å². The van der Waals surface area contributed by atoms with Crippen LogP contribution in [0.15, 0.2) is 10.5 Å². The highest BCUT2D eigenvalue weighted by Gasteiger charge is 2.15. The maximum absolute atomic E-state index is 11.7. The number of nitrogens with one attached hydrogen (secondary N) is 1. The molecule has 1 unspecified atom stereocenters. The normalized spacial score (nSPS) is 12.2. The Morgan fingerprint density at radius 3 is 2.67 bits per heavy atom. The van der Waals surface area contributed by atoms with Crippen LogP contribution >= 0.6 is 0 Å². The number of carbonyl (C=O) groups excluding carboxylic acids is 1. The number of amides is 1. The number of rotatable bonds is 6. The first kappa shape index (κ1) is 14.3. The third-order valence-electron chi connectivity index (χ3n) is 2.81. The molecule has 100 valence electrons. The van der Waals surface area contributed by atoms with Crippen LogP contribution in [0.1, 0.15) is 48.6 Å². The SMILES string of the molecule is CCCC(C)C(=O)NCc1cc(C(=O)O)c(C)o1. The summed E-state index contributed by atoms with van der Waals surface area (Å²) in [6.07, 6.45) is 1.79. The van der Waals surface area contributed by atoms with Crippen LogP contribution in [-0.4, -0.2) is 17.0 Å².